The molecule has 0 aromatic heterocycles. The van der Waals surface area contributed by atoms with Crippen molar-refractivity contribution in [3.05, 3.63) is 41.7 Å². The Balaban J connectivity index is 3.67. The highest BCUT2D eigenvalue weighted by atomic mass is 19.4. The topological polar surface area (TPSA) is 9.23 Å². The number of halogens is 19. The number of aryl methyl sites for hydroxylation is 1. The molecule has 0 fully saturated rings. The zero-order valence-electron chi connectivity index (χ0n) is 18.3. The number of hydrogen-bond acceptors (Lipinski definition) is 1. The summed E-state index contributed by atoms with van der Waals surface area (Å²) in [4.78, 5) is 0. The molecule has 0 bridgehead atoms. The molecule has 226 valence electrons. The van der Waals surface area contributed by atoms with Gasteiger partial charge in [0.05, 0.1) is 0 Å². The van der Waals surface area contributed by atoms with Gasteiger partial charge in [-0.1, -0.05) is 31.5 Å². The van der Waals surface area contributed by atoms with Crippen molar-refractivity contribution in [2.45, 2.75) is 67.4 Å². The van der Waals surface area contributed by atoms with E-state index in [0.29, 0.717) is 6.07 Å². The first-order valence-corrected chi connectivity index (χ1v) is 9.64. The molecule has 0 unspecified atom stereocenters. The van der Waals surface area contributed by atoms with E-state index in [0.717, 1.165) is 12.1 Å². The molecule has 0 spiro atoms. The zero-order chi connectivity index (χ0) is 31.3. The summed E-state index contributed by atoms with van der Waals surface area (Å²) in [7, 11) is 0. The maximum Gasteiger partial charge on any atom is 0.460 e. The maximum absolute atomic E-state index is 13.9. The number of alkyl halides is 17. The predicted octanol–water partition coefficient (Wildman–Crippen LogP) is 9.14. The van der Waals surface area contributed by atoms with Crippen molar-refractivity contribution in [2.75, 3.05) is 0 Å². The van der Waals surface area contributed by atoms with Crippen LogP contribution in [0, 0.1) is 0 Å². The fourth-order valence-electron chi connectivity index (χ4n) is 2.65. The third-order valence-electron chi connectivity index (χ3n) is 4.86. The molecule has 20 heteroatoms. The first-order chi connectivity index (χ1) is 17.1. The molecule has 0 saturated carbocycles. The van der Waals surface area contributed by atoms with Crippen LogP contribution in [-0.2, 0) is 6.42 Å². The Labute approximate surface area is 204 Å². The lowest BCUT2D eigenvalue weighted by molar-refractivity contribution is -0.460. The van der Waals surface area contributed by atoms with Crippen molar-refractivity contribution < 1.29 is 88.2 Å². The van der Waals surface area contributed by atoms with Crippen LogP contribution < -0.4 is 4.74 Å². The number of benzene rings is 1. The van der Waals surface area contributed by atoms with Crippen LogP contribution in [0.25, 0.3) is 0 Å². The molecule has 1 nitrogen and oxygen atoms in total. The minimum absolute atomic E-state index is 0.103. The summed E-state index contributed by atoms with van der Waals surface area (Å²) in [5.74, 6) is -65.1. The molecule has 0 heterocycles. The van der Waals surface area contributed by atoms with Crippen molar-refractivity contribution >= 4 is 0 Å². The average Bonchev–Trinajstić information content (AvgIpc) is 2.78. The van der Waals surface area contributed by atoms with Crippen LogP contribution in [0.5, 0.6) is 5.75 Å². The van der Waals surface area contributed by atoms with Crippen molar-refractivity contribution in [2.24, 2.45) is 0 Å². The molecule has 0 aliphatic carbocycles. The van der Waals surface area contributed by atoms with Gasteiger partial charge in [0.2, 0.25) is 5.83 Å². The third kappa shape index (κ3) is 5.06. The molecule has 0 saturated heterocycles. The first-order valence-electron chi connectivity index (χ1n) is 9.64. The lowest BCUT2D eigenvalue weighted by atomic mass is 9.88. The number of allylic oxidation sites excluding steroid dienone is 1. The monoisotopic (exact) mass is 616 g/mol. The standard InChI is InChI=1S/C19H11F19O/c1-2-5-8-6-3-4-7-9(8)39-11(21)10(20)12(22,23)13(24,25)14(26,27)15(28,29)16(30,31)17(32,33)18(34,35)19(36,37)38/h3-4,6-7H,2,5H2,1H3/b11-10-. The molecular formula is C19H11F19O. The molecule has 0 radical (unpaired) electrons. The highest BCUT2D eigenvalue weighted by molar-refractivity contribution is 5.35. The van der Waals surface area contributed by atoms with E-state index in [9.17, 15) is 83.4 Å². The van der Waals surface area contributed by atoms with E-state index in [1.165, 1.54) is 13.0 Å². The van der Waals surface area contributed by atoms with Crippen LogP contribution in [0.2, 0.25) is 0 Å². The van der Waals surface area contributed by atoms with E-state index in [1.54, 1.807) is 0 Å². The van der Waals surface area contributed by atoms with E-state index >= 15 is 0 Å². The van der Waals surface area contributed by atoms with E-state index in [2.05, 4.69) is 4.74 Å². The number of para-hydroxylation sites is 1. The van der Waals surface area contributed by atoms with Gasteiger partial charge in [-0.2, -0.15) is 83.4 Å². The lowest BCUT2D eigenvalue weighted by Gasteiger charge is -2.42. The Hall–Kier alpha value is -2.57. The van der Waals surface area contributed by atoms with Crippen LogP contribution >= 0.6 is 0 Å². The van der Waals surface area contributed by atoms with Crippen molar-refractivity contribution in [1.82, 2.24) is 0 Å². The fraction of sp³-hybridized carbons (Fsp3) is 0.579. The molecule has 0 aliphatic heterocycles. The molecule has 1 aromatic rings. The van der Waals surface area contributed by atoms with Crippen LogP contribution in [-0.4, -0.2) is 47.6 Å². The Morgan fingerprint density at radius 2 is 0.974 bits per heavy atom. The smallest absolute Gasteiger partial charge is 0.429 e. The summed E-state index contributed by atoms with van der Waals surface area (Å²) in [5, 5.41) is 0. The summed E-state index contributed by atoms with van der Waals surface area (Å²) in [6.45, 7) is 1.46. The second kappa shape index (κ2) is 10.1. The van der Waals surface area contributed by atoms with Gasteiger partial charge in [0.25, 0.3) is 0 Å². The molecular weight excluding hydrogens is 605 g/mol. The maximum atomic E-state index is 13.9. The fourth-order valence-corrected chi connectivity index (χ4v) is 2.65. The Morgan fingerprint density at radius 1 is 0.590 bits per heavy atom. The summed E-state index contributed by atoms with van der Waals surface area (Å²) in [6.07, 6.45) is -7.81. The quantitative estimate of drug-likeness (QED) is 0.178. The van der Waals surface area contributed by atoms with Crippen LogP contribution in [0.3, 0.4) is 0 Å². The molecule has 1 rings (SSSR count). The molecule has 0 aliphatic rings. The van der Waals surface area contributed by atoms with E-state index < -0.39 is 65.2 Å². The second-order valence-corrected chi connectivity index (χ2v) is 7.57. The molecule has 0 atom stereocenters. The highest BCUT2D eigenvalue weighted by Gasteiger charge is 2.95. The summed E-state index contributed by atoms with van der Waals surface area (Å²) >= 11 is 0. The molecule has 0 N–H and O–H groups in total. The van der Waals surface area contributed by atoms with Gasteiger partial charge in [-0.05, 0) is 18.1 Å². The van der Waals surface area contributed by atoms with E-state index in [4.69, 9.17) is 0 Å². The minimum atomic E-state index is -8.91. The Morgan fingerprint density at radius 3 is 1.38 bits per heavy atom. The highest BCUT2D eigenvalue weighted by Crippen LogP contribution is 2.64. The van der Waals surface area contributed by atoms with Gasteiger partial charge in [-0.25, -0.2) is 0 Å². The van der Waals surface area contributed by atoms with Gasteiger partial charge < -0.3 is 4.74 Å². The van der Waals surface area contributed by atoms with Crippen molar-refractivity contribution in [3.8, 4) is 5.75 Å². The van der Waals surface area contributed by atoms with E-state index in [1.807, 2.05) is 0 Å². The number of rotatable bonds is 11. The van der Waals surface area contributed by atoms with Crippen LogP contribution in [0.4, 0.5) is 83.4 Å². The van der Waals surface area contributed by atoms with Crippen molar-refractivity contribution in [1.29, 1.82) is 0 Å². The predicted molar refractivity (Wildman–Crippen MR) is 91.0 cm³/mol. The third-order valence-corrected chi connectivity index (χ3v) is 4.86. The lowest BCUT2D eigenvalue weighted by Crippen LogP contribution is -2.74. The van der Waals surface area contributed by atoms with Crippen LogP contribution in [0.15, 0.2) is 36.1 Å². The summed E-state index contributed by atoms with van der Waals surface area (Å²) in [6, 6.07) is 0.313. The van der Waals surface area contributed by atoms with Gasteiger partial charge in [-0.3, -0.25) is 0 Å². The van der Waals surface area contributed by atoms with E-state index in [-0.39, 0.29) is 18.4 Å². The number of hydrogen-bond donors (Lipinski definition) is 0. The SMILES string of the molecule is CCCc1ccccc1O/C(F)=C(\F)C(F)(F)C(F)(F)C(F)(F)C(F)(F)C(F)(F)C(F)(F)C(F)(F)C(F)(F)F. The van der Waals surface area contributed by atoms with Gasteiger partial charge in [0.15, 0.2) is 0 Å². The molecule has 0 amide bonds. The van der Waals surface area contributed by atoms with Crippen LogP contribution in [0.1, 0.15) is 18.9 Å². The largest absolute Gasteiger partial charge is 0.460 e. The Bertz CT molecular complexity index is 1050. The first kappa shape index (κ1) is 34.5. The van der Waals surface area contributed by atoms with Gasteiger partial charge in [0.1, 0.15) is 5.75 Å². The second-order valence-electron chi connectivity index (χ2n) is 7.57. The molecule has 39 heavy (non-hydrogen) atoms. The zero-order valence-corrected chi connectivity index (χ0v) is 18.3. The van der Waals surface area contributed by atoms with Gasteiger partial charge in [0, 0.05) is 0 Å². The minimum Gasteiger partial charge on any atom is -0.429 e. The van der Waals surface area contributed by atoms with Gasteiger partial charge in [-0.15, -0.1) is 0 Å². The summed E-state index contributed by atoms with van der Waals surface area (Å²) < 4.78 is 256. The van der Waals surface area contributed by atoms with Gasteiger partial charge >= 0.3 is 53.6 Å². The van der Waals surface area contributed by atoms with Crippen molar-refractivity contribution in [3.63, 3.8) is 0 Å². The summed E-state index contributed by atoms with van der Waals surface area (Å²) in [5.41, 5.74) is -0.164. The molecule has 1 aromatic carbocycles. The normalized spacial score (nSPS) is 15.8. The average molecular weight is 616 g/mol. The number of ether oxygens (including phenoxy) is 1. The Kier molecular flexibility index (Phi) is 8.94.